The van der Waals surface area contributed by atoms with Gasteiger partial charge in [0.05, 0.1) is 18.5 Å². The van der Waals surface area contributed by atoms with Crippen molar-refractivity contribution in [2.24, 2.45) is 5.92 Å². The lowest BCUT2D eigenvalue weighted by Crippen LogP contribution is -2.39. The van der Waals surface area contributed by atoms with Crippen molar-refractivity contribution in [1.29, 1.82) is 0 Å². The number of aryl methyl sites for hydroxylation is 2. The van der Waals surface area contributed by atoms with Crippen LogP contribution in [-0.2, 0) is 16.6 Å². The number of benzene rings is 2. The summed E-state index contributed by atoms with van der Waals surface area (Å²) >= 11 is 0. The first-order valence-corrected chi connectivity index (χ1v) is 11.9. The first-order valence-electron chi connectivity index (χ1n) is 10.1. The molecule has 1 heterocycles. The zero-order chi connectivity index (χ0) is 21.2. The zero-order valence-corrected chi connectivity index (χ0v) is 18.5. The third-order valence-corrected chi connectivity index (χ3v) is 6.79. The second kappa shape index (κ2) is 8.57. The smallest absolute Gasteiger partial charge is 0.253 e. The molecule has 1 fully saturated rings. The summed E-state index contributed by atoms with van der Waals surface area (Å²) in [5.41, 5.74) is 4.32. The van der Waals surface area contributed by atoms with Crippen LogP contribution >= 0.6 is 0 Å². The molecule has 0 unspecified atom stereocenters. The Labute approximate surface area is 174 Å². The van der Waals surface area contributed by atoms with E-state index in [4.69, 9.17) is 0 Å². The van der Waals surface area contributed by atoms with Crippen LogP contribution in [0.25, 0.3) is 0 Å². The van der Waals surface area contributed by atoms with Gasteiger partial charge in [0.25, 0.3) is 5.91 Å². The molecule has 29 heavy (non-hydrogen) atoms. The highest BCUT2D eigenvalue weighted by atomic mass is 32.2. The fourth-order valence-electron chi connectivity index (χ4n) is 3.76. The van der Waals surface area contributed by atoms with E-state index in [2.05, 4.69) is 6.92 Å². The van der Waals surface area contributed by atoms with E-state index in [9.17, 15) is 13.2 Å². The lowest BCUT2D eigenvalue weighted by molar-refractivity contribution is 0.0683. The Kier molecular flexibility index (Phi) is 6.32. The summed E-state index contributed by atoms with van der Waals surface area (Å²) in [5, 5.41) is 0. The molecule has 1 atom stereocenters. The largest absolute Gasteiger partial charge is 0.338 e. The molecule has 0 aromatic heterocycles. The molecule has 2 aromatic rings. The number of piperidine rings is 1. The van der Waals surface area contributed by atoms with Gasteiger partial charge in [-0.25, -0.2) is 8.42 Å². The summed E-state index contributed by atoms with van der Waals surface area (Å²) in [6, 6.07) is 13.0. The van der Waals surface area contributed by atoms with Crippen LogP contribution in [0.3, 0.4) is 0 Å². The highest BCUT2D eigenvalue weighted by Gasteiger charge is 2.22. The van der Waals surface area contributed by atoms with Gasteiger partial charge in [-0.15, -0.1) is 0 Å². The maximum Gasteiger partial charge on any atom is 0.253 e. The highest BCUT2D eigenvalue weighted by molar-refractivity contribution is 7.92. The minimum Gasteiger partial charge on any atom is -0.338 e. The van der Waals surface area contributed by atoms with Crippen molar-refractivity contribution in [3.05, 3.63) is 64.7 Å². The molecule has 0 bridgehead atoms. The van der Waals surface area contributed by atoms with E-state index >= 15 is 0 Å². The molecule has 1 aliphatic heterocycles. The second-order valence-corrected chi connectivity index (χ2v) is 10.1. The first-order chi connectivity index (χ1) is 13.6. The lowest BCUT2D eigenvalue weighted by atomic mass is 9.99. The zero-order valence-electron chi connectivity index (χ0n) is 17.7. The van der Waals surface area contributed by atoms with E-state index in [0.29, 0.717) is 17.2 Å². The topological polar surface area (TPSA) is 57.7 Å². The minimum atomic E-state index is -3.44. The van der Waals surface area contributed by atoms with Crippen molar-refractivity contribution in [2.45, 2.75) is 40.2 Å². The lowest BCUT2D eigenvalue weighted by Gasteiger charge is -2.31. The fourth-order valence-corrected chi connectivity index (χ4v) is 4.64. The number of carbonyl (C=O) groups excluding carboxylic acids is 1. The number of sulfonamides is 1. The van der Waals surface area contributed by atoms with E-state index in [1.807, 2.05) is 49.1 Å². The number of amides is 1. The monoisotopic (exact) mass is 414 g/mol. The molecule has 5 nitrogen and oxygen atoms in total. The molecule has 2 aromatic carbocycles. The molecule has 1 aliphatic rings. The Bertz CT molecular complexity index is 984. The van der Waals surface area contributed by atoms with E-state index in [1.165, 1.54) is 17.0 Å². The van der Waals surface area contributed by atoms with Crippen molar-refractivity contribution >= 4 is 21.6 Å². The van der Waals surface area contributed by atoms with Gasteiger partial charge >= 0.3 is 0 Å². The van der Waals surface area contributed by atoms with Gasteiger partial charge in [-0.2, -0.15) is 0 Å². The van der Waals surface area contributed by atoms with Gasteiger partial charge in [-0.05, 0) is 73.6 Å². The molecule has 0 saturated carbocycles. The van der Waals surface area contributed by atoms with E-state index in [0.717, 1.165) is 36.2 Å². The van der Waals surface area contributed by atoms with Crippen LogP contribution in [0.4, 0.5) is 5.69 Å². The van der Waals surface area contributed by atoms with Crippen molar-refractivity contribution in [2.75, 3.05) is 23.7 Å². The molecule has 0 spiro atoms. The number of anilines is 1. The van der Waals surface area contributed by atoms with E-state index in [-0.39, 0.29) is 12.5 Å². The van der Waals surface area contributed by atoms with Crippen LogP contribution in [0.5, 0.6) is 0 Å². The van der Waals surface area contributed by atoms with Crippen LogP contribution in [0.15, 0.2) is 42.5 Å². The molecule has 1 amide bonds. The third kappa shape index (κ3) is 5.18. The average Bonchev–Trinajstić information content (AvgIpc) is 2.67. The van der Waals surface area contributed by atoms with Crippen molar-refractivity contribution in [3.63, 3.8) is 0 Å². The molecular weight excluding hydrogens is 384 g/mol. The molecule has 156 valence electrons. The van der Waals surface area contributed by atoms with Crippen molar-refractivity contribution < 1.29 is 13.2 Å². The Morgan fingerprint density at radius 3 is 2.38 bits per heavy atom. The number of carbonyl (C=O) groups is 1. The highest BCUT2D eigenvalue weighted by Crippen LogP contribution is 2.24. The normalized spacial score (nSPS) is 17.2. The molecule has 1 saturated heterocycles. The van der Waals surface area contributed by atoms with Gasteiger partial charge < -0.3 is 4.90 Å². The number of rotatable bonds is 5. The molecular formula is C23H30N2O3S. The number of likely N-dealkylation sites (tertiary alicyclic amines) is 1. The van der Waals surface area contributed by atoms with Crippen molar-refractivity contribution in [3.8, 4) is 0 Å². The Morgan fingerprint density at radius 1 is 1.10 bits per heavy atom. The van der Waals surface area contributed by atoms with Gasteiger partial charge in [-0.1, -0.05) is 25.1 Å². The Hall–Kier alpha value is -2.34. The Balaban J connectivity index is 1.79. The maximum absolute atomic E-state index is 12.7. The van der Waals surface area contributed by atoms with Gasteiger partial charge in [0, 0.05) is 18.7 Å². The standard InChI is InChI=1S/C23H30N2O3S/c1-17-6-5-13-24(15-17)23(26)21-10-8-20(9-11-21)16-25(29(4,27)28)22-12-7-18(2)19(3)14-22/h7-12,14,17H,5-6,13,15-16H2,1-4H3/t17-/m1/s1. The summed E-state index contributed by atoms with van der Waals surface area (Å²) in [6.45, 7) is 7.99. The summed E-state index contributed by atoms with van der Waals surface area (Å²) in [6.07, 6.45) is 3.43. The number of hydrogen-bond donors (Lipinski definition) is 0. The van der Waals surface area contributed by atoms with Gasteiger partial charge in [0.1, 0.15) is 0 Å². The fraction of sp³-hybridized carbons (Fsp3) is 0.435. The summed E-state index contributed by atoms with van der Waals surface area (Å²) < 4.78 is 26.2. The molecule has 0 N–H and O–H groups in total. The van der Waals surface area contributed by atoms with E-state index < -0.39 is 10.0 Å². The van der Waals surface area contributed by atoms with Gasteiger partial charge in [0.15, 0.2) is 0 Å². The Morgan fingerprint density at radius 2 is 1.79 bits per heavy atom. The van der Waals surface area contributed by atoms with Gasteiger partial charge in [-0.3, -0.25) is 9.10 Å². The van der Waals surface area contributed by atoms with E-state index in [1.54, 1.807) is 12.1 Å². The second-order valence-electron chi connectivity index (χ2n) is 8.23. The molecule has 6 heteroatoms. The maximum atomic E-state index is 12.7. The van der Waals surface area contributed by atoms with Crippen LogP contribution in [0.1, 0.15) is 46.8 Å². The van der Waals surface area contributed by atoms with Crippen LogP contribution in [-0.4, -0.2) is 38.6 Å². The molecule has 0 radical (unpaired) electrons. The predicted octanol–water partition coefficient (Wildman–Crippen LogP) is 4.14. The van der Waals surface area contributed by atoms with Crippen LogP contribution in [0, 0.1) is 19.8 Å². The first kappa shape index (κ1) is 21.4. The summed E-state index contributed by atoms with van der Waals surface area (Å²) in [5.74, 6) is 0.588. The molecule has 3 rings (SSSR count). The van der Waals surface area contributed by atoms with Gasteiger partial charge in [0.2, 0.25) is 10.0 Å². The quantitative estimate of drug-likeness (QED) is 0.739. The minimum absolute atomic E-state index is 0.0530. The SMILES string of the molecule is Cc1ccc(N(Cc2ccc(C(=O)N3CCC[C@@H](C)C3)cc2)S(C)(=O)=O)cc1C. The van der Waals surface area contributed by atoms with Crippen LogP contribution < -0.4 is 4.31 Å². The predicted molar refractivity (Wildman–Crippen MR) is 118 cm³/mol. The average molecular weight is 415 g/mol. The number of hydrogen-bond acceptors (Lipinski definition) is 3. The summed E-state index contributed by atoms with van der Waals surface area (Å²) in [7, 11) is -3.44. The van der Waals surface area contributed by atoms with Crippen LogP contribution in [0.2, 0.25) is 0 Å². The van der Waals surface area contributed by atoms with Crippen molar-refractivity contribution in [1.82, 2.24) is 4.90 Å². The number of nitrogens with zero attached hydrogens (tertiary/aromatic N) is 2. The third-order valence-electron chi connectivity index (χ3n) is 5.65. The molecule has 0 aliphatic carbocycles. The summed E-state index contributed by atoms with van der Waals surface area (Å²) in [4.78, 5) is 14.7.